The molecule has 2 aliphatic rings. The Kier molecular flexibility index (Phi) is 4.20. The van der Waals surface area contributed by atoms with Crippen molar-refractivity contribution in [1.82, 2.24) is 9.88 Å². The van der Waals surface area contributed by atoms with E-state index in [9.17, 15) is 4.79 Å². The fourth-order valence-corrected chi connectivity index (χ4v) is 2.64. The second-order valence-corrected chi connectivity index (χ2v) is 7.08. The number of amides is 1. The molecule has 0 unspecified atom stereocenters. The zero-order valence-corrected chi connectivity index (χ0v) is 14.2. The molecule has 1 aromatic rings. The molecule has 1 aromatic heterocycles. The average Bonchev–Trinajstić information content (AvgIpc) is 2.70. The molecule has 0 atom stereocenters. The number of carbonyl (C=O) groups is 1. The standard InChI is InChI=1S/C16H23BN2O4/c1-15(2)16(3,4)23-17(22-15)13-7-12(8-18-9-13)10-19-5-6-21-11-14(19)20/h7-9H,5-6,10-11H2,1-4H3. The van der Waals surface area contributed by atoms with E-state index in [0.717, 1.165) is 11.0 Å². The minimum atomic E-state index is -0.437. The van der Waals surface area contributed by atoms with Crippen LogP contribution in [0.3, 0.4) is 0 Å². The Morgan fingerprint density at radius 1 is 1.22 bits per heavy atom. The van der Waals surface area contributed by atoms with Crippen molar-refractivity contribution in [2.75, 3.05) is 19.8 Å². The summed E-state index contributed by atoms with van der Waals surface area (Å²) in [5, 5.41) is 0. The third-order valence-electron chi connectivity index (χ3n) is 4.80. The number of nitrogens with zero attached hydrogens (tertiary/aromatic N) is 2. The highest BCUT2D eigenvalue weighted by atomic mass is 16.7. The lowest BCUT2D eigenvalue weighted by atomic mass is 9.80. The summed E-state index contributed by atoms with van der Waals surface area (Å²) in [6.07, 6.45) is 3.53. The maximum atomic E-state index is 11.8. The van der Waals surface area contributed by atoms with Crippen molar-refractivity contribution >= 4 is 18.5 Å². The number of hydrogen-bond donors (Lipinski definition) is 0. The van der Waals surface area contributed by atoms with Gasteiger partial charge in [0.15, 0.2) is 0 Å². The molecule has 2 saturated heterocycles. The van der Waals surface area contributed by atoms with Crippen molar-refractivity contribution in [2.24, 2.45) is 0 Å². The van der Waals surface area contributed by atoms with Crippen molar-refractivity contribution in [1.29, 1.82) is 0 Å². The van der Waals surface area contributed by atoms with Crippen LogP contribution >= 0.6 is 0 Å². The van der Waals surface area contributed by atoms with Crippen molar-refractivity contribution < 1.29 is 18.8 Å². The highest BCUT2D eigenvalue weighted by Gasteiger charge is 2.51. The highest BCUT2D eigenvalue weighted by molar-refractivity contribution is 6.62. The fourth-order valence-electron chi connectivity index (χ4n) is 2.64. The van der Waals surface area contributed by atoms with E-state index in [1.807, 2.05) is 33.8 Å². The monoisotopic (exact) mass is 318 g/mol. The average molecular weight is 318 g/mol. The topological polar surface area (TPSA) is 60.9 Å². The molecule has 2 aliphatic heterocycles. The van der Waals surface area contributed by atoms with Gasteiger partial charge in [0.1, 0.15) is 6.61 Å². The zero-order valence-electron chi connectivity index (χ0n) is 14.2. The van der Waals surface area contributed by atoms with Gasteiger partial charge in [-0.3, -0.25) is 9.78 Å². The number of pyridine rings is 1. The van der Waals surface area contributed by atoms with E-state index in [0.29, 0.717) is 19.7 Å². The third kappa shape index (κ3) is 3.27. The maximum absolute atomic E-state index is 11.8. The van der Waals surface area contributed by atoms with Gasteiger partial charge >= 0.3 is 7.12 Å². The lowest BCUT2D eigenvalue weighted by molar-refractivity contribution is -0.143. The van der Waals surface area contributed by atoms with Gasteiger partial charge in [-0.15, -0.1) is 0 Å². The predicted octanol–water partition coefficient (Wildman–Crippen LogP) is 0.740. The Morgan fingerprint density at radius 3 is 2.57 bits per heavy atom. The van der Waals surface area contributed by atoms with Gasteiger partial charge in [0.25, 0.3) is 0 Å². The molecule has 1 amide bonds. The molecule has 2 fully saturated rings. The summed E-state index contributed by atoms with van der Waals surface area (Å²) in [4.78, 5) is 17.9. The minimum Gasteiger partial charge on any atom is -0.399 e. The molecule has 0 spiro atoms. The Bertz CT molecular complexity index is 589. The minimum absolute atomic E-state index is 0.0114. The Hall–Kier alpha value is -1.44. The van der Waals surface area contributed by atoms with Crippen LogP contribution in [0.1, 0.15) is 33.3 Å². The van der Waals surface area contributed by atoms with Gasteiger partial charge in [-0.2, -0.15) is 0 Å². The zero-order chi connectivity index (χ0) is 16.7. The first kappa shape index (κ1) is 16.4. The molecule has 124 valence electrons. The summed E-state index contributed by atoms with van der Waals surface area (Å²) in [5.74, 6) is 0.0114. The van der Waals surface area contributed by atoms with Gasteiger partial charge in [0.05, 0.1) is 17.8 Å². The van der Waals surface area contributed by atoms with E-state index in [2.05, 4.69) is 4.98 Å². The molecule has 0 radical (unpaired) electrons. The maximum Gasteiger partial charge on any atom is 0.496 e. The van der Waals surface area contributed by atoms with Crippen LogP contribution in [0.25, 0.3) is 0 Å². The molecule has 0 saturated carbocycles. The van der Waals surface area contributed by atoms with Crippen LogP contribution in [0.15, 0.2) is 18.5 Å². The Morgan fingerprint density at radius 2 is 1.91 bits per heavy atom. The fraction of sp³-hybridized carbons (Fsp3) is 0.625. The van der Waals surface area contributed by atoms with E-state index >= 15 is 0 Å². The molecular weight excluding hydrogens is 295 g/mol. The van der Waals surface area contributed by atoms with Gasteiger partial charge in [-0.25, -0.2) is 0 Å². The van der Waals surface area contributed by atoms with E-state index in [1.54, 1.807) is 17.3 Å². The quantitative estimate of drug-likeness (QED) is 0.769. The second kappa shape index (κ2) is 5.89. The molecule has 6 nitrogen and oxygen atoms in total. The molecule has 3 rings (SSSR count). The van der Waals surface area contributed by atoms with E-state index in [-0.39, 0.29) is 23.7 Å². The van der Waals surface area contributed by atoms with E-state index in [1.165, 1.54) is 0 Å². The Labute approximate surface area is 137 Å². The van der Waals surface area contributed by atoms with E-state index < -0.39 is 7.12 Å². The van der Waals surface area contributed by atoms with Gasteiger partial charge in [0, 0.05) is 30.9 Å². The summed E-state index contributed by atoms with van der Waals surface area (Å²) < 4.78 is 17.3. The SMILES string of the molecule is CC1(C)OB(c2cncc(CN3CCOCC3=O)c2)OC1(C)C. The van der Waals surface area contributed by atoms with Crippen LogP contribution in [-0.2, 0) is 25.4 Å². The smallest absolute Gasteiger partial charge is 0.399 e. The summed E-state index contributed by atoms with van der Waals surface area (Å²) in [5.41, 5.74) is 1.08. The molecule has 3 heterocycles. The lowest BCUT2D eigenvalue weighted by Crippen LogP contribution is -2.41. The van der Waals surface area contributed by atoms with Crippen LogP contribution < -0.4 is 5.46 Å². The Balaban J connectivity index is 1.74. The normalized spacial score (nSPS) is 23.4. The van der Waals surface area contributed by atoms with Gasteiger partial charge in [-0.05, 0) is 33.3 Å². The van der Waals surface area contributed by atoms with Crippen molar-refractivity contribution in [3.63, 3.8) is 0 Å². The summed E-state index contributed by atoms with van der Waals surface area (Å²) in [6, 6.07) is 2.00. The van der Waals surface area contributed by atoms with Crippen molar-refractivity contribution in [3.8, 4) is 0 Å². The highest BCUT2D eigenvalue weighted by Crippen LogP contribution is 2.36. The molecule has 7 heteroatoms. The number of morpholine rings is 1. The summed E-state index contributed by atoms with van der Waals surface area (Å²) >= 11 is 0. The molecule has 0 bridgehead atoms. The number of aromatic nitrogens is 1. The third-order valence-corrected chi connectivity index (χ3v) is 4.80. The molecule has 0 aromatic carbocycles. The number of rotatable bonds is 3. The van der Waals surface area contributed by atoms with Crippen LogP contribution in [0.4, 0.5) is 0 Å². The van der Waals surface area contributed by atoms with Gasteiger partial charge in [0.2, 0.25) is 5.91 Å². The predicted molar refractivity (Wildman–Crippen MR) is 86.2 cm³/mol. The molecule has 0 aliphatic carbocycles. The summed E-state index contributed by atoms with van der Waals surface area (Å²) in [7, 11) is -0.437. The van der Waals surface area contributed by atoms with Crippen LogP contribution in [0.2, 0.25) is 0 Å². The van der Waals surface area contributed by atoms with Crippen molar-refractivity contribution in [3.05, 3.63) is 24.0 Å². The molecule has 23 heavy (non-hydrogen) atoms. The summed E-state index contributed by atoms with van der Waals surface area (Å²) in [6.45, 7) is 9.98. The molecular formula is C16H23BN2O4. The first-order valence-corrected chi connectivity index (χ1v) is 7.93. The second-order valence-electron chi connectivity index (χ2n) is 7.08. The van der Waals surface area contributed by atoms with E-state index in [4.69, 9.17) is 14.0 Å². The largest absolute Gasteiger partial charge is 0.496 e. The van der Waals surface area contributed by atoms with Gasteiger partial charge in [-0.1, -0.05) is 6.07 Å². The number of ether oxygens (including phenoxy) is 1. The van der Waals surface area contributed by atoms with Crippen molar-refractivity contribution in [2.45, 2.75) is 45.4 Å². The number of hydrogen-bond acceptors (Lipinski definition) is 5. The van der Waals surface area contributed by atoms with Crippen LogP contribution in [0, 0.1) is 0 Å². The van der Waals surface area contributed by atoms with Crippen LogP contribution in [0.5, 0.6) is 0 Å². The first-order valence-electron chi connectivity index (χ1n) is 7.93. The number of carbonyl (C=O) groups excluding carboxylic acids is 1. The van der Waals surface area contributed by atoms with Crippen LogP contribution in [-0.4, -0.2) is 53.9 Å². The lowest BCUT2D eigenvalue weighted by Gasteiger charge is -2.32. The van der Waals surface area contributed by atoms with Gasteiger partial charge < -0.3 is 18.9 Å². The molecule has 0 N–H and O–H groups in total. The first-order chi connectivity index (χ1) is 10.8.